The molecule has 2 aromatic carbocycles. The van der Waals surface area contributed by atoms with Crippen molar-refractivity contribution in [1.29, 1.82) is 0 Å². The van der Waals surface area contributed by atoms with Gasteiger partial charge in [-0.3, -0.25) is 0 Å². The van der Waals surface area contributed by atoms with Gasteiger partial charge < -0.3 is 10.5 Å². The van der Waals surface area contributed by atoms with Gasteiger partial charge in [-0.1, -0.05) is 55.3 Å². The van der Waals surface area contributed by atoms with Crippen molar-refractivity contribution in [1.82, 2.24) is 0 Å². The van der Waals surface area contributed by atoms with E-state index in [0.29, 0.717) is 6.61 Å². The van der Waals surface area contributed by atoms with Crippen LogP contribution in [0.3, 0.4) is 0 Å². The monoisotopic (exact) mass is 303 g/mol. The van der Waals surface area contributed by atoms with Gasteiger partial charge in [-0.25, -0.2) is 0 Å². The average Bonchev–Trinajstić information content (AvgIpc) is 3.31. The summed E-state index contributed by atoms with van der Waals surface area (Å²) in [4.78, 5) is 0. The molecule has 3 heteroatoms. The predicted molar refractivity (Wildman–Crippen MR) is 88.7 cm³/mol. The van der Waals surface area contributed by atoms with Crippen molar-refractivity contribution >= 4 is 12.4 Å². The highest BCUT2D eigenvalue weighted by molar-refractivity contribution is 5.85. The fourth-order valence-corrected chi connectivity index (χ4v) is 2.40. The zero-order valence-electron chi connectivity index (χ0n) is 12.1. The Balaban J connectivity index is 0.00000161. The normalized spacial score (nSPS) is 15.1. The van der Waals surface area contributed by atoms with Gasteiger partial charge in [0.15, 0.2) is 0 Å². The number of halogens is 1. The van der Waals surface area contributed by atoms with E-state index in [1.54, 1.807) is 0 Å². The van der Waals surface area contributed by atoms with E-state index < -0.39 is 0 Å². The lowest BCUT2D eigenvalue weighted by Crippen LogP contribution is -2.10. The van der Waals surface area contributed by atoms with E-state index in [1.165, 1.54) is 24.0 Å². The zero-order valence-corrected chi connectivity index (χ0v) is 12.9. The van der Waals surface area contributed by atoms with Crippen LogP contribution in [-0.2, 0) is 6.61 Å². The van der Waals surface area contributed by atoms with E-state index in [1.807, 2.05) is 30.3 Å². The molecular weight excluding hydrogens is 282 g/mol. The van der Waals surface area contributed by atoms with Gasteiger partial charge in [-0.15, -0.1) is 12.4 Å². The Morgan fingerprint density at radius 3 is 2.29 bits per heavy atom. The molecule has 1 aliphatic rings. The van der Waals surface area contributed by atoms with Crippen molar-refractivity contribution in [3.05, 3.63) is 65.7 Å². The van der Waals surface area contributed by atoms with Crippen LogP contribution in [0.5, 0.6) is 5.75 Å². The molecule has 1 aliphatic carbocycles. The third-order valence-corrected chi connectivity index (χ3v) is 3.84. The first-order chi connectivity index (χ1) is 9.81. The maximum absolute atomic E-state index is 6.21. The maximum atomic E-state index is 6.21. The summed E-state index contributed by atoms with van der Waals surface area (Å²) >= 11 is 0. The van der Waals surface area contributed by atoms with Crippen molar-refractivity contribution in [2.45, 2.75) is 31.9 Å². The molecule has 0 aromatic heterocycles. The molecule has 3 rings (SSSR count). The van der Waals surface area contributed by atoms with Crippen LogP contribution < -0.4 is 10.5 Å². The topological polar surface area (TPSA) is 35.2 Å². The van der Waals surface area contributed by atoms with Crippen LogP contribution in [0.15, 0.2) is 54.6 Å². The van der Waals surface area contributed by atoms with Crippen molar-refractivity contribution in [2.24, 2.45) is 11.7 Å². The summed E-state index contributed by atoms with van der Waals surface area (Å²) in [5.41, 5.74) is 8.60. The number of rotatable bonds is 6. The first kappa shape index (κ1) is 15.9. The molecule has 0 bridgehead atoms. The van der Waals surface area contributed by atoms with Gasteiger partial charge in [0.05, 0.1) is 0 Å². The second-order valence-electron chi connectivity index (χ2n) is 5.63. The van der Waals surface area contributed by atoms with Gasteiger partial charge in [-0.05, 0) is 35.6 Å². The van der Waals surface area contributed by atoms with E-state index in [-0.39, 0.29) is 18.4 Å². The molecule has 2 aromatic rings. The predicted octanol–water partition coefficient (Wildman–Crippen LogP) is 4.49. The van der Waals surface area contributed by atoms with Gasteiger partial charge >= 0.3 is 0 Å². The molecule has 1 atom stereocenters. The SMILES string of the molecule is Cl.N[C@H](CC1CC1)c1ccc(OCc2ccccc2)cc1. The van der Waals surface area contributed by atoms with E-state index in [0.717, 1.165) is 18.1 Å². The van der Waals surface area contributed by atoms with Crippen LogP contribution in [0.1, 0.15) is 36.4 Å². The van der Waals surface area contributed by atoms with Gasteiger partial charge in [0.1, 0.15) is 12.4 Å². The first-order valence-electron chi connectivity index (χ1n) is 7.33. The highest BCUT2D eigenvalue weighted by Gasteiger charge is 2.24. The van der Waals surface area contributed by atoms with E-state index in [9.17, 15) is 0 Å². The fraction of sp³-hybridized carbons (Fsp3) is 0.333. The minimum atomic E-state index is 0. The zero-order chi connectivity index (χ0) is 13.8. The summed E-state index contributed by atoms with van der Waals surface area (Å²) in [5.74, 6) is 1.76. The van der Waals surface area contributed by atoms with E-state index >= 15 is 0 Å². The van der Waals surface area contributed by atoms with Crippen molar-refractivity contribution in [3.63, 3.8) is 0 Å². The molecular formula is C18H22ClNO. The highest BCUT2D eigenvalue weighted by atomic mass is 35.5. The van der Waals surface area contributed by atoms with Crippen LogP contribution in [0.4, 0.5) is 0 Å². The lowest BCUT2D eigenvalue weighted by molar-refractivity contribution is 0.306. The molecule has 2 N–H and O–H groups in total. The van der Waals surface area contributed by atoms with Gasteiger partial charge in [-0.2, -0.15) is 0 Å². The Labute approximate surface area is 132 Å². The van der Waals surface area contributed by atoms with Crippen molar-refractivity contribution in [2.75, 3.05) is 0 Å². The Hall–Kier alpha value is -1.51. The second-order valence-corrected chi connectivity index (χ2v) is 5.63. The van der Waals surface area contributed by atoms with Crippen LogP contribution in [-0.4, -0.2) is 0 Å². The Morgan fingerprint density at radius 2 is 1.67 bits per heavy atom. The third-order valence-electron chi connectivity index (χ3n) is 3.84. The summed E-state index contributed by atoms with van der Waals surface area (Å²) < 4.78 is 5.78. The molecule has 0 spiro atoms. The number of ether oxygens (including phenoxy) is 1. The third kappa shape index (κ3) is 4.76. The molecule has 0 heterocycles. The second kappa shape index (κ2) is 7.48. The number of nitrogens with two attached hydrogens (primary N) is 1. The van der Waals surface area contributed by atoms with Gasteiger partial charge in [0.2, 0.25) is 0 Å². The first-order valence-corrected chi connectivity index (χ1v) is 7.33. The lowest BCUT2D eigenvalue weighted by atomic mass is 10.0. The Bertz CT molecular complexity index is 537. The van der Waals surface area contributed by atoms with E-state index in [2.05, 4.69) is 24.3 Å². The summed E-state index contributed by atoms with van der Waals surface area (Å²) in [6, 6.07) is 18.6. The fourth-order valence-electron chi connectivity index (χ4n) is 2.40. The quantitative estimate of drug-likeness (QED) is 0.853. The molecule has 2 nitrogen and oxygen atoms in total. The largest absolute Gasteiger partial charge is 0.489 e. The lowest BCUT2D eigenvalue weighted by Gasteiger charge is -2.12. The molecule has 21 heavy (non-hydrogen) atoms. The van der Waals surface area contributed by atoms with Crippen LogP contribution in [0, 0.1) is 5.92 Å². The maximum Gasteiger partial charge on any atom is 0.119 e. The molecule has 0 radical (unpaired) electrons. The van der Waals surface area contributed by atoms with Crippen molar-refractivity contribution in [3.8, 4) is 5.75 Å². The highest BCUT2D eigenvalue weighted by Crippen LogP contribution is 2.36. The molecule has 1 fully saturated rings. The van der Waals surface area contributed by atoms with Crippen LogP contribution in [0.25, 0.3) is 0 Å². The summed E-state index contributed by atoms with van der Waals surface area (Å²) in [6.45, 7) is 0.605. The van der Waals surface area contributed by atoms with E-state index in [4.69, 9.17) is 10.5 Å². The van der Waals surface area contributed by atoms with Crippen molar-refractivity contribution < 1.29 is 4.74 Å². The van der Waals surface area contributed by atoms with Crippen LogP contribution in [0.2, 0.25) is 0 Å². The smallest absolute Gasteiger partial charge is 0.119 e. The number of hydrogen-bond donors (Lipinski definition) is 1. The standard InChI is InChI=1S/C18H21NO.ClH/c19-18(12-14-6-7-14)16-8-10-17(11-9-16)20-13-15-4-2-1-3-5-15;/h1-5,8-11,14,18H,6-7,12-13,19H2;1H/t18-;/m1./s1. The molecule has 0 amide bonds. The molecule has 0 saturated heterocycles. The minimum Gasteiger partial charge on any atom is -0.489 e. The molecule has 0 aliphatic heterocycles. The van der Waals surface area contributed by atoms with Crippen LogP contribution >= 0.6 is 12.4 Å². The summed E-state index contributed by atoms with van der Waals surface area (Å²) in [6.07, 6.45) is 3.82. The van der Waals surface area contributed by atoms with Gasteiger partial charge in [0.25, 0.3) is 0 Å². The average molecular weight is 304 g/mol. The minimum absolute atomic E-state index is 0. The summed E-state index contributed by atoms with van der Waals surface area (Å²) in [7, 11) is 0. The molecule has 112 valence electrons. The Kier molecular flexibility index (Phi) is 5.66. The Morgan fingerprint density at radius 1 is 1.00 bits per heavy atom. The molecule has 0 unspecified atom stereocenters. The summed E-state index contributed by atoms with van der Waals surface area (Å²) in [5, 5.41) is 0. The van der Waals surface area contributed by atoms with Gasteiger partial charge in [0, 0.05) is 6.04 Å². The number of hydrogen-bond acceptors (Lipinski definition) is 2. The number of benzene rings is 2. The molecule has 1 saturated carbocycles.